The molecule has 0 aliphatic heterocycles. The van der Waals surface area contributed by atoms with E-state index in [0.717, 1.165) is 0 Å². The molecule has 9 heteroatoms. The minimum atomic E-state index is -0.913. The summed E-state index contributed by atoms with van der Waals surface area (Å²) in [6.45, 7) is -0.153. The highest BCUT2D eigenvalue weighted by atomic mass is 16.9. The lowest BCUT2D eigenvalue weighted by Gasteiger charge is -2.00. The van der Waals surface area contributed by atoms with Gasteiger partial charge in [-0.25, -0.2) is 4.98 Å². The third kappa shape index (κ3) is 3.14. The lowest BCUT2D eigenvalue weighted by atomic mass is 10.6. The van der Waals surface area contributed by atoms with Crippen LogP contribution in [-0.2, 0) is 4.84 Å². The molecule has 0 radical (unpaired) electrons. The third-order valence-electron chi connectivity index (χ3n) is 1.43. The molecular weight excluding hydrogens is 206 g/mol. The average molecular weight is 215 g/mol. The molecule has 0 atom stereocenters. The first-order valence-electron chi connectivity index (χ1n) is 3.92. The van der Waals surface area contributed by atoms with E-state index in [1.807, 2.05) is 0 Å². The summed E-state index contributed by atoms with van der Waals surface area (Å²) in [6, 6.07) is 1.41. The zero-order valence-corrected chi connectivity index (χ0v) is 7.61. The van der Waals surface area contributed by atoms with E-state index in [4.69, 9.17) is 5.73 Å². The van der Waals surface area contributed by atoms with E-state index in [1.165, 1.54) is 12.3 Å². The van der Waals surface area contributed by atoms with Crippen molar-refractivity contribution in [1.29, 1.82) is 0 Å². The Bertz CT molecular complexity index is 414. The lowest BCUT2D eigenvalue weighted by Crippen LogP contribution is -2.23. The molecule has 0 aliphatic rings. The maximum absolute atomic E-state index is 9.79. The lowest BCUT2D eigenvalue weighted by molar-refractivity contribution is -0.757. The van der Waals surface area contributed by atoms with Gasteiger partial charge in [-0.15, -0.1) is 14.8 Å². The molecule has 1 heterocycles. The normalized spacial score (nSPS) is 11.3. The molecule has 0 bridgehead atoms. The molecule has 0 amide bonds. The minimum Gasteiger partial charge on any atom is -0.423 e. The fourth-order valence-electron chi connectivity index (χ4n) is 0.818. The van der Waals surface area contributed by atoms with E-state index < -0.39 is 5.09 Å². The van der Waals surface area contributed by atoms with Gasteiger partial charge in [-0.3, -0.25) is 4.99 Å². The summed E-state index contributed by atoms with van der Waals surface area (Å²) in [5, 5.41) is 18.1. The Kier molecular flexibility index (Phi) is 3.43. The largest absolute Gasteiger partial charge is 0.423 e. The van der Waals surface area contributed by atoms with Gasteiger partial charge >= 0.3 is 0 Å². The highest BCUT2D eigenvalue weighted by Crippen LogP contribution is 1.85. The average Bonchev–Trinajstić information content (AvgIpc) is 2.18. The number of hydrogen-bond acceptors (Lipinski definition) is 7. The number of hydrogen-bond donors (Lipinski definition) is 2. The maximum Gasteiger partial charge on any atom is 0.294 e. The van der Waals surface area contributed by atoms with Crippen molar-refractivity contribution in [3.8, 4) is 0 Å². The second-order valence-electron chi connectivity index (χ2n) is 2.41. The quantitative estimate of drug-likeness (QED) is 0.281. The van der Waals surface area contributed by atoms with E-state index in [9.17, 15) is 15.3 Å². The van der Waals surface area contributed by atoms with Crippen LogP contribution in [0, 0.1) is 10.1 Å². The van der Waals surface area contributed by atoms with Crippen LogP contribution in [0.4, 0.5) is 5.95 Å². The first kappa shape index (κ1) is 10.8. The van der Waals surface area contributed by atoms with Crippen LogP contribution in [0.5, 0.6) is 0 Å². The van der Waals surface area contributed by atoms with Crippen LogP contribution >= 0.6 is 0 Å². The monoisotopic (exact) mass is 215 g/mol. The number of nitrogen functional groups attached to an aromatic ring is 1. The van der Waals surface area contributed by atoms with Gasteiger partial charge in [-0.2, -0.15) is 0 Å². The first-order chi connectivity index (χ1) is 7.11. The van der Waals surface area contributed by atoms with Crippen LogP contribution in [0.25, 0.3) is 0 Å². The number of aromatic nitrogens is 2. The summed E-state index contributed by atoms with van der Waals surface area (Å²) in [4.78, 5) is 21.2. The van der Waals surface area contributed by atoms with Gasteiger partial charge in [0.2, 0.25) is 5.95 Å². The standard InChI is InChI=1S/C6H9N5O4/c7-6-9-2-1-5(10(6)12)8-3-4-15-11(13)14/h1-2,12H,3-4H2,(H2,7,9). The smallest absolute Gasteiger partial charge is 0.294 e. The topological polar surface area (TPSA) is 129 Å². The molecule has 9 nitrogen and oxygen atoms in total. The second kappa shape index (κ2) is 4.79. The van der Waals surface area contributed by atoms with Crippen LogP contribution in [0.2, 0.25) is 0 Å². The molecule has 15 heavy (non-hydrogen) atoms. The number of nitrogens with two attached hydrogens (primary N) is 1. The number of anilines is 1. The van der Waals surface area contributed by atoms with Crippen molar-refractivity contribution in [3.05, 3.63) is 27.9 Å². The number of nitrogens with zero attached hydrogens (tertiary/aromatic N) is 4. The Hall–Kier alpha value is -2.32. The Labute approximate surface area is 83.5 Å². The molecule has 0 aliphatic carbocycles. The predicted molar refractivity (Wildman–Crippen MR) is 47.2 cm³/mol. The molecule has 0 fully saturated rings. The zero-order chi connectivity index (χ0) is 11.3. The van der Waals surface area contributed by atoms with Gasteiger partial charge in [0.25, 0.3) is 5.09 Å². The fourth-order valence-corrected chi connectivity index (χ4v) is 0.818. The van der Waals surface area contributed by atoms with Gasteiger partial charge in [0.1, 0.15) is 6.61 Å². The van der Waals surface area contributed by atoms with Crippen LogP contribution in [-0.4, -0.2) is 33.2 Å². The summed E-state index contributed by atoms with van der Waals surface area (Å²) in [5.74, 6) is -0.119. The third-order valence-corrected chi connectivity index (χ3v) is 1.43. The molecule has 1 aromatic heterocycles. The summed E-state index contributed by atoms with van der Waals surface area (Å²) in [7, 11) is 0. The van der Waals surface area contributed by atoms with E-state index in [1.54, 1.807) is 0 Å². The van der Waals surface area contributed by atoms with Crippen molar-refractivity contribution in [1.82, 2.24) is 9.71 Å². The van der Waals surface area contributed by atoms with Gasteiger partial charge in [-0.1, -0.05) is 0 Å². The highest BCUT2D eigenvalue weighted by molar-refractivity contribution is 5.13. The second-order valence-corrected chi connectivity index (χ2v) is 2.41. The Balaban J connectivity index is 2.66. The Morgan fingerprint density at radius 1 is 1.80 bits per heavy atom. The van der Waals surface area contributed by atoms with E-state index in [0.29, 0.717) is 4.73 Å². The van der Waals surface area contributed by atoms with Crippen molar-refractivity contribution >= 4 is 5.95 Å². The van der Waals surface area contributed by atoms with E-state index in [2.05, 4.69) is 14.8 Å². The van der Waals surface area contributed by atoms with E-state index in [-0.39, 0.29) is 24.6 Å². The Morgan fingerprint density at radius 2 is 2.53 bits per heavy atom. The van der Waals surface area contributed by atoms with Crippen molar-refractivity contribution < 1.29 is 15.1 Å². The fraction of sp³-hybridized carbons (Fsp3) is 0.333. The van der Waals surface area contributed by atoms with Gasteiger partial charge < -0.3 is 15.8 Å². The summed E-state index contributed by atoms with van der Waals surface area (Å²) in [6.07, 6.45) is 1.36. The molecule has 1 aromatic rings. The SMILES string of the molecule is Nc1nccc(=NCCO[N+](=O)[O-])n1O. The molecule has 3 N–H and O–H groups in total. The van der Waals surface area contributed by atoms with Crippen LogP contribution in [0.15, 0.2) is 17.3 Å². The minimum absolute atomic E-state index is 0.0327. The van der Waals surface area contributed by atoms with Crippen LogP contribution in [0.3, 0.4) is 0 Å². The van der Waals surface area contributed by atoms with Crippen LogP contribution < -0.4 is 11.2 Å². The van der Waals surface area contributed by atoms with Gasteiger partial charge in [0.05, 0.1) is 6.54 Å². The van der Waals surface area contributed by atoms with Crippen molar-refractivity contribution in [2.45, 2.75) is 0 Å². The molecule has 0 saturated carbocycles. The van der Waals surface area contributed by atoms with Gasteiger partial charge in [0.15, 0.2) is 5.49 Å². The first-order valence-corrected chi connectivity index (χ1v) is 3.92. The highest BCUT2D eigenvalue weighted by Gasteiger charge is 1.96. The van der Waals surface area contributed by atoms with Crippen molar-refractivity contribution in [2.24, 2.45) is 4.99 Å². The van der Waals surface area contributed by atoms with Gasteiger partial charge in [-0.05, 0) is 0 Å². The Morgan fingerprint density at radius 3 is 3.20 bits per heavy atom. The number of rotatable bonds is 4. The summed E-state index contributed by atoms with van der Waals surface area (Å²) < 4.78 is 0.576. The molecule has 0 saturated heterocycles. The summed E-state index contributed by atoms with van der Waals surface area (Å²) in [5.41, 5.74) is 5.42. The maximum atomic E-state index is 9.79. The molecule has 82 valence electrons. The molecule has 0 unspecified atom stereocenters. The molecule has 0 aromatic carbocycles. The molecular formula is C6H9N5O4. The van der Waals surface area contributed by atoms with Crippen molar-refractivity contribution in [3.63, 3.8) is 0 Å². The van der Waals surface area contributed by atoms with Crippen molar-refractivity contribution in [2.75, 3.05) is 18.9 Å². The molecule has 1 rings (SSSR count). The summed E-state index contributed by atoms with van der Waals surface area (Å²) >= 11 is 0. The molecule has 0 spiro atoms. The van der Waals surface area contributed by atoms with Gasteiger partial charge in [0, 0.05) is 12.3 Å². The van der Waals surface area contributed by atoms with E-state index >= 15 is 0 Å². The van der Waals surface area contributed by atoms with Crippen LogP contribution in [0.1, 0.15) is 0 Å². The predicted octanol–water partition coefficient (Wildman–Crippen LogP) is -1.19. The zero-order valence-electron chi connectivity index (χ0n) is 7.61.